The number of carbonyl (C=O) groups excluding carboxylic acids is 2. The van der Waals surface area contributed by atoms with Gasteiger partial charge in [0.15, 0.2) is 0 Å². The monoisotopic (exact) mass is 626 g/mol. The molecule has 2 aromatic carbocycles. The highest BCUT2D eigenvalue weighted by atomic mass is 16.5. The van der Waals surface area contributed by atoms with Gasteiger partial charge in [0, 0.05) is 12.5 Å². The van der Waals surface area contributed by atoms with Crippen molar-refractivity contribution in [2.75, 3.05) is 6.61 Å². The van der Waals surface area contributed by atoms with Gasteiger partial charge in [0.1, 0.15) is 12.2 Å². The molecule has 12 unspecified atom stereocenters. The summed E-state index contributed by atoms with van der Waals surface area (Å²) >= 11 is 0. The molecule has 1 aliphatic heterocycles. The average Bonchev–Trinajstić information content (AvgIpc) is 3.37. The second kappa shape index (κ2) is 12.7. The van der Waals surface area contributed by atoms with Gasteiger partial charge in [-0.15, -0.1) is 0 Å². The molecule has 4 aliphatic carbocycles. The Kier molecular flexibility index (Phi) is 8.84. The summed E-state index contributed by atoms with van der Waals surface area (Å²) in [5.74, 6) is 3.32. The minimum absolute atomic E-state index is 0.00730. The Morgan fingerprint density at radius 2 is 1.41 bits per heavy atom. The first-order valence-corrected chi connectivity index (χ1v) is 18.3. The summed E-state index contributed by atoms with van der Waals surface area (Å²) in [6.45, 7) is 10.6. The Bertz CT molecular complexity index is 1370. The summed E-state index contributed by atoms with van der Waals surface area (Å²) in [6, 6.07) is 19.0. The Balaban J connectivity index is 1.10. The molecule has 0 amide bonds. The van der Waals surface area contributed by atoms with E-state index in [4.69, 9.17) is 14.2 Å². The molecule has 1 saturated heterocycles. The van der Waals surface area contributed by atoms with Gasteiger partial charge in [0.2, 0.25) is 0 Å². The zero-order valence-corrected chi connectivity index (χ0v) is 28.4. The molecule has 7 rings (SSSR count). The van der Waals surface area contributed by atoms with E-state index >= 15 is 0 Å². The molecule has 5 heteroatoms. The number of benzene rings is 2. The highest BCUT2D eigenvalue weighted by molar-refractivity contribution is 5.89. The van der Waals surface area contributed by atoms with Crippen molar-refractivity contribution in [2.24, 2.45) is 52.3 Å². The molecular weight excluding hydrogens is 572 g/mol. The first kappa shape index (κ1) is 31.9. The predicted molar refractivity (Wildman–Crippen MR) is 179 cm³/mol. The lowest BCUT2D eigenvalue weighted by Crippen LogP contribution is -2.55. The van der Waals surface area contributed by atoms with Crippen molar-refractivity contribution in [1.82, 2.24) is 0 Å². The predicted octanol–water partition coefficient (Wildman–Crippen LogP) is 9.16. The van der Waals surface area contributed by atoms with Crippen LogP contribution in [0.1, 0.15) is 113 Å². The van der Waals surface area contributed by atoms with Crippen LogP contribution >= 0.6 is 0 Å². The van der Waals surface area contributed by atoms with Crippen LogP contribution in [-0.4, -0.2) is 36.9 Å². The zero-order valence-electron chi connectivity index (χ0n) is 28.4. The van der Waals surface area contributed by atoms with Crippen molar-refractivity contribution in [2.45, 2.75) is 110 Å². The van der Waals surface area contributed by atoms with Crippen molar-refractivity contribution < 1.29 is 23.8 Å². The fourth-order valence-corrected chi connectivity index (χ4v) is 11.5. The molecule has 0 spiro atoms. The van der Waals surface area contributed by atoms with Gasteiger partial charge in [-0.1, -0.05) is 64.1 Å². The fraction of sp³-hybridized carbons (Fsp3) is 0.659. The minimum Gasteiger partial charge on any atom is -0.459 e. The van der Waals surface area contributed by atoms with Crippen molar-refractivity contribution in [1.29, 1.82) is 0 Å². The van der Waals surface area contributed by atoms with Crippen LogP contribution in [0.2, 0.25) is 0 Å². The number of esters is 2. The van der Waals surface area contributed by atoms with Crippen LogP contribution in [0.5, 0.6) is 0 Å². The second-order valence-corrected chi connectivity index (χ2v) is 16.4. The highest BCUT2D eigenvalue weighted by Gasteiger charge is 2.64. The van der Waals surface area contributed by atoms with E-state index in [1.165, 1.54) is 32.1 Å². The summed E-state index contributed by atoms with van der Waals surface area (Å²) in [7, 11) is 0. The van der Waals surface area contributed by atoms with Crippen LogP contribution in [0.4, 0.5) is 0 Å². The number of carbonyl (C=O) groups is 2. The number of rotatable bonds is 6. The summed E-state index contributed by atoms with van der Waals surface area (Å²) in [5, 5.41) is 0. The molecule has 4 saturated carbocycles. The van der Waals surface area contributed by atoms with Crippen LogP contribution in [-0.2, 0) is 14.2 Å². The van der Waals surface area contributed by atoms with Crippen LogP contribution < -0.4 is 0 Å². The maximum Gasteiger partial charge on any atom is 0.338 e. The van der Waals surface area contributed by atoms with Crippen molar-refractivity contribution in [3.05, 3.63) is 71.8 Å². The quantitative estimate of drug-likeness (QED) is 0.299. The molecule has 5 aliphatic rings. The van der Waals surface area contributed by atoms with E-state index in [0.29, 0.717) is 52.6 Å². The SMILES string of the molecule is CC1CCC(C(C)C2C(OC(=O)c3ccccc3)CC3C4CCC5CC(OC(=O)c6ccccc6)CCC5(C)C4CCC32C)OC1. The van der Waals surface area contributed by atoms with Crippen LogP contribution in [0, 0.1) is 52.3 Å². The maximum atomic E-state index is 13.5. The molecule has 0 radical (unpaired) electrons. The van der Waals surface area contributed by atoms with Crippen molar-refractivity contribution in [3.8, 4) is 0 Å². The molecule has 0 N–H and O–H groups in total. The molecule has 1 heterocycles. The van der Waals surface area contributed by atoms with Crippen molar-refractivity contribution in [3.63, 3.8) is 0 Å². The van der Waals surface area contributed by atoms with Crippen LogP contribution in [0.25, 0.3) is 0 Å². The molecule has 5 nitrogen and oxygen atoms in total. The Morgan fingerprint density at radius 1 is 0.761 bits per heavy atom. The van der Waals surface area contributed by atoms with Crippen LogP contribution in [0.15, 0.2) is 60.7 Å². The molecular formula is C41H54O5. The molecule has 248 valence electrons. The van der Waals surface area contributed by atoms with Gasteiger partial charge in [-0.3, -0.25) is 0 Å². The summed E-state index contributed by atoms with van der Waals surface area (Å²) in [4.78, 5) is 26.4. The van der Waals surface area contributed by atoms with Gasteiger partial charge in [-0.2, -0.15) is 0 Å². The minimum atomic E-state index is -0.185. The highest BCUT2D eigenvalue weighted by Crippen LogP contribution is 2.69. The Labute approximate surface area is 276 Å². The van der Waals surface area contributed by atoms with Gasteiger partial charge in [0.25, 0.3) is 0 Å². The summed E-state index contributed by atoms with van der Waals surface area (Å²) < 4.78 is 19.2. The van der Waals surface area contributed by atoms with E-state index in [1.54, 1.807) is 0 Å². The Hall–Kier alpha value is -2.66. The van der Waals surface area contributed by atoms with E-state index in [1.807, 2.05) is 60.7 Å². The van der Waals surface area contributed by atoms with E-state index in [0.717, 1.165) is 38.7 Å². The molecule has 2 aromatic rings. The van der Waals surface area contributed by atoms with Crippen molar-refractivity contribution >= 4 is 11.9 Å². The molecule has 0 aromatic heterocycles. The fourth-order valence-electron chi connectivity index (χ4n) is 11.5. The number of hydrogen-bond acceptors (Lipinski definition) is 5. The van der Waals surface area contributed by atoms with Gasteiger partial charge in [0.05, 0.1) is 17.2 Å². The standard InChI is InChI=1S/C41H54O5/c1-26-15-18-35(44-25-26)27(2)37-36(46-39(43)29-13-9-6-10-14-29)24-34-32-17-16-30-23-31(45-38(42)28-11-7-5-8-12-28)19-21-40(30,3)33(32)20-22-41(34,37)4/h5-14,26-27,30-37H,15-25H2,1-4H3. The lowest BCUT2D eigenvalue weighted by atomic mass is 9.44. The molecule has 5 fully saturated rings. The Morgan fingerprint density at radius 3 is 2.07 bits per heavy atom. The first-order valence-electron chi connectivity index (χ1n) is 18.3. The van der Waals surface area contributed by atoms with E-state index in [9.17, 15) is 9.59 Å². The van der Waals surface area contributed by atoms with E-state index in [-0.39, 0.29) is 41.1 Å². The largest absolute Gasteiger partial charge is 0.459 e. The molecule has 0 bridgehead atoms. The van der Waals surface area contributed by atoms with E-state index < -0.39 is 0 Å². The van der Waals surface area contributed by atoms with Gasteiger partial charge < -0.3 is 14.2 Å². The molecule has 46 heavy (non-hydrogen) atoms. The number of hydrogen-bond donors (Lipinski definition) is 0. The van der Waals surface area contributed by atoms with Gasteiger partial charge >= 0.3 is 11.9 Å². The van der Waals surface area contributed by atoms with E-state index in [2.05, 4.69) is 27.7 Å². The third-order valence-electron chi connectivity index (χ3n) is 13.9. The zero-order chi connectivity index (χ0) is 32.1. The van der Waals surface area contributed by atoms with Gasteiger partial charge in [-0.25, -0.2) is 9.59 Å². The lowest BCUT2D eigenvalue weighted by Gasteiger charge is -2.61. The summed E-state index contributed by atoms with van der Waals surface area (Å²) in [5.41, 5.74) is 1.68. The number of ether oxygens (including phenoxy) is 3. The number of fused-ring (bicyclic) bond motifs is 5. The topological polar surface area (TPSA) is 61.8 Å². The second-order valence-electron chi connectivity index (χ2n) is 16.4. The van der Waals surface area contributed by atoms with Crippen LogP contribution in [0.3, 0.4) is 0 Å². The van der Waals surface area contributed by atoms with Gasteiger partial charge in [-0.05, 0) is 135 Å². The average molecular weight is 627 g/mol. The first-order chi connectivity index (χ1) is 22.2. The third kappa shape index (κ3) is 5.73. The summed E-state index contributed by atoms with van der Waals surface area (Å²) in [6.07, 6.45) is 11.3. The maximum absolute atomic E-state index is 13.5. The lowest BCUT2D eigenvalue weighted by molar-refractivity contribution is -0.139. The molecule has 12 atom stereocenters. The normalized spacial score (nSPS) is 40.9. The smallest absolute Gasteiger partial charge is 0.338 e. The third-order valence-corrected chi connectivity index (χ3v) is 13.9.